The van der Waals surface area contributed by atoms with E-state index < -0.39 is 6.10 Å². The van der Waals surface area contributed by atoms with Crippen molar-refractivity contribution in [1.29, 1.82) is 0 Å². The van der Waals surface area contributed by atoms with Gasteiger partial charge in [-0.2, -0.15) is 0 Å². The van der Waals surface area contributed by atoms with Crippen LogP contribution in [-0.4, -0.2) is 24.4 Å². The first-order chi connectivity index (χ1) is 10.1. The molecule has 2 aromatic rings. The molecule has 112 valence electrons. The Labute approximate surface area is 128 Å². The molecular weight excluding hydrogens is 293 g/mol. The summed E-state index contributed by atoms with van der Waals surface area (Å²) < 4.78 is 19.0. The lowest BCUT2D eigenvalue weighted by Crippen LogP contribution is -2.26. The number of aliphatic hydroxyl groups is 1. The minimum absolute atomic E-state index is 0.0736. The van der Waals surface area contributed by atoms with E-state index in [0.29, 0.717) is 16.5 Å². The van der Waals surface area contributed by atoms with Gasteiger partial charge < -0.3 is 15.2 Å². The van der Waals surface area contributed by atoms with Crippen LogP contribution in [0.1, 0.15) is 5.56 Å². The van der Waals surface area contributed by atoms with Crippen molar-refractivity contribution in [3.8, 4) is 5.75 Å². The van der Waals surface area contributed by atoms with Gasteiger partial charge in [0.25, 0.3) is 0 Å². The topological polar surface area (TPSA) is 41.5 Å². The number of para-hydroxylation sites is 1. The van der Waals surface area contributed by atoms with E-state index in [0.717, 1.165) is 5.56 Å². The summed E-state index contributed by atoms with van der Waals surface area (Å²) in [5.41, 5.74) is 1.31. The van der Waals surface area contributed by atoms with Crippen molar-refractivity contribution < 1.29 is 14.2 Å². The van der Waals surface area contributed by atoms with Crippen LogP contribution in [0, 0.1) is 12.7 Å². The molecular formula is C16H17ClFNO2. The van der Waals surface area contributed by atoms with Gasteiger partial charge in [-0.25, -0.2) is 4.39 Å². The average molecular weight is 310 g/mol. The quantitative estimate of drug-likeness (QED) is 0.856. The van der Waals surface area contributed by atoms with Gasteiger partial charge in [0.2, 0.25) is 0 Å². The van der Waals surface area contributed by atoms with Gasteiger partial charge in [0, 0.05) is 6.54 Å². The molecule has 21 heavy (non-hydrogen) atoms. The first kappa shape index (κ1) is 15.6. The van der Waals surface area contributed by atoms with Crippen molar-refractivity contribution in [2.45, 2.75) is 13.0 Å². The van der Waals surface area contributed by atoms with E-state index in [-0.39, 0.29) is 19.0 Å². The molecule has 2 rings (SSSR count). The van der Waals surface area contributed by atoms with Gasteiger partial charge in [-0.3, -0.25) is 0 Å². The fraction of sp³-hybridized carbons (Fsp3) is 0.250. The van der Waals surface area contributed by atoms with Crippen LogP contribution in [0.25, 0.3) is 0 Å². The second kappa shape index (κ2) is 7.29. The van der Waals surface area contributed by atoms with Crippen LogP contribution in [0.2, 0.25) is 5.02 Å². The summed E-state index contributed by atoms with van der Waals surface area (Å²) in [6, 6.07) is 11.8. The van der Waals surface area contributed by atoms with Crippen molar-refractivity contribution >= 4 is 17.3 Å². The van der Waals surface area contributed by atoms with E-state index in [2.05, 4.69) is 5.32 Å². The van der Waals surface area contributed by atoms with Crippen molar-refractivity contribution in [2.24, 2.45) is 0 Å². The molecule has 0 spiro atoms. The molecule has 0 amide bonds. The number of ether oxygens (including phenoxy) is 1. The molecule has 0 aliphatic heterocycles. The summed E-state index contributed by atoms with van der Waals surface area (Å²) in [4.78, 5) is 0. The van der Waals surface area contributed by atoms with Crippen LogP contribution in [0.3, 0.4) is 0 Å². The molecule has 1 unspecified atom stereocenters. The number of aliphatic hydroxyl groups excluding tert-OH is 1. The molecule has 0 saturated carbocycles. The number of rotatable bonds is 6. The van der Waals surface area contributed by atoms with Gasteiger partial charge >= 0.3 is 0 Å². The molecule has 0 radical (unpaired) electrons. The van der Waals surface area contributed by atoms with E-state index >= 15 is 0 Å². The van der Waals surface area contributed by atoms with Crippen LogP contribution < -0.4 is 10.1 Å². The van der Waals surface area contributed by atoms with E-state index in [4.69, 9.17) is 16.3 Å². The smallest absolute Gasteiger partial charge is 0.146 e. The monoisotopic (exact) mass is 309 g/mol. The third-order valence-electron chi connectivity index (χ3n) is 2.92. The summed E-state index contributed by atoms with van der Waals surface area (Å²) in [6.45, 7) is 2.14. The SMILES string of the molecule is Cc1ccc(F)c(NCC(O)COc2ccccc2Cl)c1. The Morgan fingerprint density at radius 1 is 1.29 bits per heavy atom. The first-order valence-corrected chi connectivity index (χ1v) is 6.99. The predicted octanol–water partition coefficient (Wildman–Crippen LogP) is 3.64. The van der Waals surface area contributed by atoms with Gasteiger partial charge in [0.05, 0.1) is 10.7 Å². The zero-order valence-electron chi connectivity index (χ0n) is 11.6. The lowest BCUT2D eigenvalue weighted by Gasteiger charge is -2.15. The Bertz CT molecular complexity index is 607. The van der Waals surface area contributed by atoms with Crippen molar-refractivity contribution in [3.05, 3.63) is 58.9 Å². The molecule has 0 aliphatic carbocycles. The van der Waals surface area contributed by atoms with Crippen LogP contribution in [0.15, 0.2) is 42.5 Å². The maximum atomic E-state index is 13.5. The van der Waals surface area contributed by atoms with Gasteiger partial charge in [-0.05, 0) is 36.8 Å². The fourth-order valence-corrected chi connectivity index (χ4v) is 2.00. The highest BCUT2D eigenvalue weighted by atomic mass is 35.5. The van der Waals surface area contributed by atoms with E-state index in [9.17, 15) is 9.50 Å². The van der Waals surface area contributed by atoms with Gasteiger partial charge in [0.15, 0.2) is 0 Å². The molecule has 0 heterocycles. The highest BCUT2D eigenvalue weighted by molar-refractivity contribution is 6.32. The highest BCUT2D eigenvalue weighted by Gasteiger charge is 2.09. The maximum Gasteiger partial charge on any atom is 0.146 e. The van der Waals surface area contributed by atoms with Gasteiger partial charge in [-0.1, -0.05) is 29.8 Å². The predicted molar refractivity (Wildman–Crippen MR) is 82.6 cm³/mol. The number of hydrogen-bond donors (Lipinski definition) is 2. The number of anilines is 1. The van der Waals surface area contributed by atoms with Crippen molar-refractivity contribution in [1.82, 2.24) is 0 Å². The molecule has 0 saturated heterocycles. The molecule has 0 aromatic heterocycles. The van der Waals surface area contributed by atoms with Crippen molar-refractivity contribution in [3.63, 3.8) is 0 Å². The molecule has 2 aromatic carbocycles. The fourth-order valence-electron chi connectivity index (χ4n) is 1.81. The number of aryl methyl sites for hydroxylation is 1. The van der Waals surface area contributed by atoms with Crippen LogP contribution in [0.4, 0.5) is 10.1 Å². The van der Waals surface area contributed by atoms with E-state index in [1.165, 1.54) is 6.07 Å². The standard InChI is InChI=1S/C16H17ClFNO2/c1-11-6-7-14(18)15(8-11)19-9-12(20)10-21-16-5-3-2-4-13(16)17/h2-8,12,19-20H,9-10H2,1H3. The Morgan fingerprint density at radius 3 is 2.81 bits per heavy atom. The Morgan fingerprint density at radius 2 is 2.05 bits per heavy atom. The molecule has 3 nitrogen and oxygen atoms in total. The summed E-state index contributed by atoms with van der Waals surface area (Å²) in [5, 5.41) is 13.2. The van der Waals surface area contributed by atoms with Crippen LogP contribution >= 0.6 is 11.6 Å². The Hall–Kier alpha value is -1.78. The second-order valence-corrected chi connectivity index (χ2v) is 5.17. The first-order valence-electron chi connectivity index (χ1n) is 6.61. The summed E-state index contributed by atoms with van der Waals surface area (Å²) in [7, 11) is 0. The molecule has 0 aliphatic rings. The molecule has 1 atom stereocenters. The maximum absolute atomic E-state index is 13.5. The van der Waals surface area contributed by atoms with Gasteiger partial charge in [-0.15, -0.1) is 0 Å². The largest absolute Gasteiger partial charge is 0.489 e. The molecule has 2 N–H and O–H groups in total. The number of nitrogens with one attached hydrogen (secondary N) is 1. The normalized spacial score (nSPS) is 12.0. The summed E-state index contributed by atoms with van der Waals surface area (Å²) in [5.74, 6) is 0.166. The zero-order chi connectivity index (χ0) is 15.2. The minimum Gasteiger partial charge on any atom is -0.489 e. The Balaban J connectivity index is 1.84. The average Bonchev–Trinajstić information content (AvgIpc) is 2.47. The molecule has 5 heteroatoms. The lowest BCUT2D eigenvalue weighted by molar-refractivity contribution is 0.117. The van der Waals surface area contributed by atoms with E-state index in [1.54, 1.807) is 36.4 Å². The van der Waals surface area contributed by atoms with Crippen LogP contribution in [-0.2, 0) is 0 Å². The van der Waals surface area contributed by atoms with Crippen LogP contribution in [0.5, 0.6) is 5.75 Å². The Kier molecular flexibility index (Phi) is 5.42. The molecule has 0 fully saturated rings. The molecule has 0 bridgehead atoms. The van der Waals surface area contributed by atoms with Gasteiger partial charge in [0.1, 0.15) is 24.3 Å². The van der Waals surface area contributed by atoms with Crippen molar-refractivity contribution in [2.75, 3.05) is 18.5 Å². The number of hydrogen-bond acceptors (Lipinski definition) is 3. The summed E-state index contributed by atoms with van der Waals surface area (Å²) in [6.07, 6.45) is -0.777. The third kappa shape index (κ3) is 4.62. The summed E-state index contributed by atoms with van der Waals surface area (Å²) >= 11 is 5.95. The minimum atomic E-state index is -0.777. The lowest BCUT2D eigenvalue weighted by atomic mass is 10.2. The second-order valence-electron chi connectivity index (χ2n) is 4.76. The number of benzene rings is 2. The third-order valence-corrected chi connectivity index (χ3v) is 3.23. The zero-order valence-corrected chi connectivity index (χ0v) is 12.4. The number of halogens is 2. The van der Waals surface area contributed by atoms with E-state index in [1.807, 2.05) is 6.92 Å². The highest BCUT2D eigenvalue weighted by Crippen LogP contribution is 2.23.